The quantitative estimate of drug-likeness (QED) is 0.491. The Morgan fingerprint density at radius 2 is 1.33 bits per heavy atom. The highest BCUT2D eigenvalue weighted by molar-refractivity contribution is 4.94. The van der Waals surface area contributed by atoms with Crippen LogP contribution in [0.15, 0.2) is 23.8 Å². The molecule has 0 spiro atoms. The molecule has 0 saturated heterocycles. The van der Waals surface area contributed by atoms with Crippen molar-refractivity contribution in [3.63, 3.8) is 0 Å². The molecule has 0 rings (SSSR count). The van der Waals surface area contributed by atoms with Crippen LogP contribution in [-0.4, -0.2) is 0 Å². The van der Waals surface area contributed by atoms with Gasteiger partial charge in [0.1, 0.15) is 0 Å². The number of hydrogen-bond acceptors (Lipinski definition) is 0. The first-order valence-corrected chi connectivity index (χ1v) is 6.49. The summed E-state index contributed by atoms with van der Waals surface area (Å²) in [5.41, 5.74) is 1.50. The minimum atomic E-state index is 1.17. The van der Waals surface area contributed by atoms with Crippen molar-refractivity contribution in [1.29, 1.82) is 0 Å². The molecule has 0 radical (unpaired) electrons. The Morgan fingerprint density at radius 3 is 1.47 bits per heavy atom. The van der Waals surface area contributed by atoms with Gasteiger partial charge in [0.25, 0.3) is 0 Å². The Hall–Kier alpha value is -0.520. The summed E-state index contributed by atoms with van der Waals surface area (Å²) in [5, 5.41) is 0. The van der Waals surface area contributed by atoms with Gasteiger partial charge in [-0.15, -0.1) is 0 Å². The maximum atomic E-state index is 2.20. The summed E-state index contributed by atoms with van der Waals surface area (Å²) in [6.07, 6.45) is 11.4. The molecule has 0 unspecified atom stereocenters. The zero-order valence-electron chi connectivity index (χ0n) is 12.1. The number of hydrogen-bond donors (Lipinski definition) is 0. The smallest absolute Gasteiger partial charge is 0.0326 e. The first-order valence-electron chi connectivity index (χ1n) is 6.49. The Kier molecular flexibility index (Phi) is 31.1. The molecule has 0 heterocycles. The van der Waals surface area contributed by atoms with Crippen LogP contribution in [0.25, 0.3) is 0 Å². The van der Waals surface area contributed by atoms with E-state index in [4.69, 9.17) is 0 Å². The fourth-order valence-corrected chi connectivity index (χ4v) is 0.872. The van der Waals surface area contributed by atoms with Gasteiger partial charge in [-0.1, -0.05) is 64.8 Å². The van der Waals surface area contributed by atoms with Crippen LogP contribution in [0.3, 0.4) is 0 Å². The highest BCUT2D eigenvalue weighted by Crippen LogP contribution is 2.00. The van der Waals surface area contributed by atoms with Crippen molar-refractivity contribution in [1.82, 2.24) is 0 Å². The molecule has 0 aromatic heterocycles. The van der Waals surface area contributed by atoms with Crippen LogP contribution in [0.2, 0.25) is 0 Å². The number of rotatable bonds is 4. The normalized spacial score (nSPS) is 10.2. The lowest BCUT2D eigenvalue weighted by Gasteiger charge is -1.91. The summed E-state index contributed by atoms with van der Waals surface area (Å²) in [5.74, 6) is 0. The third-order valence-corrected chi connectivity index (χ3v) is 1.78. The van der Waals surface area contributed by atoms with Gasteiger partial charge < -0.3 is 0 Å². The van der Waals surface area contributed by atoms with E-state index in [2.05, 4.69) is 52.8 Å². The topological polar surface area (TPSA) is 0 Å². The predicted octanol–water partition coefficient (Wildman–Crippen LogP) is 6.14. The van der Waals surface area contributed by atoms with Gasteiger partial charge in [-0.25, -0.2) is 0 Å². The molecular weight excluding hydrogens is 180 g/mol. The molecule has 0 nitrogen and oxygen atoms in total. The molecule has 0 aromatic rings. The Bertz CT molecular complexity index is 123. The zero-order chi connectivity index (χ0) is 12.5. The standard InChI is InChI=1S/C7H14.C6H12.C2H6/c1-4-6-7(3)5-2;1-3-5-6-4-2;1-2/h5H,4,6H2,1-3H3;5-6H,3-4H2,1-2H3;1-2H3/b7-5-;6-5-;. The molecule has 15 heavy (non-hydrogen) atoms. The first kappa shape index (κ1) is 20.0. The average molecular weight is 212 g/mol. The van der Waals surface area contributed by atoms with Crippen molar-refractivity contribution in [3.8, 4) is 0 Å². The second-order valence-electron chi connectivity index (χ2n) is 3.17. The van der Waals surface area contributed by atoms with Crippen LogP contribution in [0.1, 0.15) is 74.1 Å². The third kappa shape index (κ3) is 31.8. The van der Waals surface area contributed by atoms with Crippen molar-refractivity contribution >= 4 is 0 Å². The van der Waals surface area contributed by atoms with Gasteiger partial charge in [-0.2, -0.15) is 0 Å². The summed E-state index contributed by atoms with van der Waals surface area (Å²) in [6.45, 7) is 14.7. The lowest BCUT2D eigenvalue weighted by molar-refractivity contribution is 0.903. The van der Waals surface area contributed by atoms with E-state index in [0.29, 0.717) is 0 Å². The first-order chi connectivity index (χ1) is 7.22. The van der Waals surface area contributed by atoms with Gasteiger partial charge >= 0.3 is 0 Å². The van der Waals surface area contributed by atoms with Crippen molar-refractivity contribution in [3.05, 3.63) is 23.8 Å². The van der Waals surface area contributed by atoms with Crippen LogP contribution < -0.4 is 0 Å². The molecule has 0 bridgehead atoms. The summed E-state index contributed by atoms with van der Waals surface area (Å²) < 4.78 is 0. The highest BCUT2D eigenvalue weighted by atomic mass is 13.9. The zero-order valence-corrected chi connectivity index (χ0v) is 12.1. The van der Waals surface area contributed by atoms with Crippen molar-refractivity contribution in [2.24, 2.45) is 0 Å². The summed E-state index contributed by atoms with van der Waals surface area (Å²) in [6, 6.07) is 0. The molecule has 0 aliphatic heterocycles. The summed E-state index contributed by atoms with van der Waals surface area (Å²) in [7, 11) is 0. The second-order valence-corrected chi connectivity index (χ2v) is 3.17. The van der Waals surface area contributed by atoms with E-state index in [1.54, 1.807) is 0 Å². The molecule has 0 amide bonds. The van der Waals surface area contributed by atoms with Crippen LogP contribution in [0.5, 0.6) is 0 Å². The maximum absolute atomic E-state index is 2.20. The largest absolute Gasteiger partial charge is 0.0888 e. The molecule has 0 atom stereocenters. The van der Waals surface area contributed by atoms with Crippen molar-refractivity contribution in [2.75, 3.05) is 0 Å². The summed E-state index contributed by atoms with van der Waals surface area (Å²) in [4.78, 5) is 0. The summed E-state index contributed by atoms with van der Waals surface area (Å²) >= 11 is 0. The SMILES string of the molecule is C/C=C(/C)CCC.CC.CC/C=C\CC. The van der Waals surface area contributed by atoms with Crippen LogP contribution >= 0.6 is 0 Å². The van der Waals surface area contributed by atoms with E-state index in [1.807, 2.05) is 13.8 Å². The molecule has 0 fully saturated rings. The van der Waals surface area contributed by atoms with Crippen LogP contribution in [0.4, 0.5) is 0 Å². The van der Waals surface area contributed by atoms with E-state index >= 15 is 0 Å². The molecule has 0 N–H and O–H groups in total. The second kappa shape index (κ2) is 23.4. The van der Waals surface area contributed by atoms with E-state index < -0.39 is 0 Å². The fourth-order valence-electron chi connectivity index (χ4n) is 0.872. The van der Waals surface area contributed by atoms with E-state index in [0.717, 1.165) is 0 Å². The molecule has 0 aromatic carbocycles. The highest BCUT2D eigenvalue weighted by Gasteiger charge is 1.79. The Balaban J connectivity index is -0.000000166. The van der Waals surface area contributed by atoms with E-state index in [-0.39, 0.29) is 0 Å². The fraction of sp³-hybridized carbons (Fsp3) is 0.733. The molecule has 0 heteroatoms. The maximum Gasteiger partial charge on any atom is -0.0326 e. The van der Waals surface area contributed by atoms with E-state index in [1.165, 1.54) is 31.3 Å². The Labute approximate surface area is 98.5 Å². The van der Waals surface area contributed by atoms with Crippen molar-refractivity contribution in [2.45, 2.75) is 74.1 Å². The number of allylic oxidation sites excluding steroid dienone is 4. The van der Waals surface area contributed by atoms with Crippen LogP contribution in [0, 0.1) is 0 Å². The molecular formula is C15H32. The molecule has 0 aliphatic rings. The molecule has 0 aliphatic carbocycles. The van der Waals surface area contributed by atoms with E-state index in [9.17, 15) is 0 Å². The van der Waals surface area contributed by atoms with Gasteiger partial charge in [0.15, 0.2) is 0 Å². The molecule has 92 valence electrons. The third-order valence-electron chi connectivity index (χ3n) is 1.78. The van der Waals surface area contributed by atoms with Crippen molar-refractivity contribution < 1.29 is 0 Å². The van der Waals surface area contributed by atoms with Gasteiger partial charge in [0, 0.05) is 0 Å². The molecule has 0 saturated carbocycles. The van der Waals surface area contributed by atoms with Gasteiger partial charge in [-0.3, -0.25) is 0 Å². The van der Waals surface area contributed by atoms with Gasteiger partial charge in [0.05, 0.1) is 0 Å². The lowest BCUT2D eigenvalue weighted by atomic mass is 10.2. The average Bonchev–Trinajstić information content (AvgIpc) is 2.30. The Morgan fingerprint density at radius 1 is 0.933 bits per heavy atom. The minimum absolute atomic E-state index is 1.17. The van der Waals surface area contributed by atoms with Gasteiger partial charge in [0.2, 0.25) is 0 Å². The van der Waals surface area contributed by atoms with Crippen LogP contribution in [-0.2, 0) is 0 Å². The monoisotopic (exact) mass is 212 g/mol. The minimum Gasteiger partial charge on any atom is -0.0888 e. The lowest BCUT2D eigenvalue weighted by Crippen LogP contribution is -1.70. The predicted molar refractivity (Wildman–Crippen MR) is 75.4 cm³/mol. The van der Waals surface area contributed by atoms with Gasteiger partial charge in [-0.05, 0) is 33.1 Å².